The van der Waals surface area contributed by atoms with E-state index in [0.29, 0.717) is 11.4 Å². The predicted molar refractivity (Wildman–Crippen MR) is 91.2 cm³/mol. The van der Waals surface area contributed by atoms with Gasteiger partial charge in [0, 0.05) is 32.9 Å². The molecule has 2 aromatic rings. The van der Waals surface area contributed by atoms with Crippen molar-refractivity contribution in [1.82, 2.24) is 9.13 Å². The maximum Gasteiger partial charge on any atom is 0.266 e. The fourth-order valence-electron chi connectivity index (χ4n) is 1.95. The van der Waals surface area contributed by atoms with E-state index in [1.807, 2.05) is 0 Å². The van der Waals surface area contributed by atoms with Crippen molar-refractivity contribution in [2.24, 2.45) is 19.1 Å². The van der Waals surface area contributed by atoms with Crippen LogP contribution in [0, 0.1) is 4.77 Å². The Morgan fingerprint density at radius 3 is 2.43 bits per heavy atom. The van der Waals surface area contributed by atoms with Gasteiger partial charge in [0.2, 0.25) is 11.8 Å². The average Bonchev–Trinajstić information content (AvgIpc) is 2.52. The van der Waals surface area contributed by atoms with E-state index < -0.39 is 5.56 Å². The van der Waals surface area contributed by atoms with Crippen LogP contribution in [0.3, 0.4) is 0 Å². The molecule has 7 nitrogen and oxygen atoms in total. The summed E-state index contributed by atoms with van der Waals surface area (Å²) >= 11 is 5.04. The lowest BCUT2D eigenvalue weighted by Crippen LogP contribution is -2.25. The standard InChI is InChI=1S/C15H16N4O3S/c1-9(20)17-11-6-4-10(5-7-11)16-8-12-13(21)18(2)15(23)19(3)14(12)22/h4-8,21H,1-3H3,(H,17,20). The van der Waals surface area contributed by atoms with Crippen molar-refractivity contribution in [3.63, 3.8) is 0 Å². The van der Waals surface area contributed by atoms with E-state index in [9.17, 15) is 14.7 Å². The fraction of sp³-hybridized carbons (Fsp3) is 0.200. The zero-order valence-electron chi connectivity index (χ0n) is 12.9. The zero-order chi connectivity index (χ0) is 17.1. The van der Waals surface area contributed by atoms with Gasteiger partial charge in [0.1, 0.15) is 5.56 Å². The maximum atomic E-state index is 12.1. The Labute approximate surface area is 137 Å². The second-order valence-electron chi connectivity index (χ2n) is 4.93. The topological polar surface area (TPSA) is 88.6 Å². The van der Waals surface area contributed by atoms with Crippen molar-refractivity contribution < 1.29 is 9.90 Å². The number of nitrogens with one attached hydrogen (secondary N) is 1. The summed E-state index contributed by atoms with van der Waals surface area (Å²) in [6.07, 6.45) is 1.29. The molecule has 1 aromatic heterocycles. The first-order valence-corrected chi connectivity index (χ1v) is 7.12. The molecule has 0 unspecified atom stereocenters. The Morgan fingerprint density at radius 2 is 1.87 bits per heavy atom. The number of amides is 1. The summed E-state index contributed by atoms with van der Waals surface area (Å²) in [6, 6.07) is 6.76. The number of rotatable bonds is 3. The van der Waals surface area contributed by atoms with Crippen molar-refractivity contribution in [3.8, 4) is 5.88 Å². The number of aromatic nitrogens is 2. The molecule has 0 atom stereocenters. The van der Waals surface area contributed by atoms with Gasteiger partial charge in [0.15, 0.2) is 4.77 Å². The molecule has 1 aromatic carbocycles. The Morgan fingerprint density at radius 1 is 1.26 bits per heavy atom. The molecule has 0 bridgehead atoms. The highest BCUT2D eigenvalue weighted by molar-refractivity contribution is 7.71. The third-order valence-corrected chi connectivity index (χ3v) is 3.75. The first kappa shape index (κ1) is 16.6. The summed E-state index contributed by atoms with van der Waals surface area (Å²) in [6.45, 7) is 1.42. The van der Waals surface area contributed by atoms with Crippen LogP contribution in [0.5, 0.6) is 5.88 Å². The molecular weight excluding hydrogens is 316 g/mol. The molecule has 1 heterocycles. The molecule has 23 heavy (non-hydrogen) atoms. The maximum absolute atomic E-state index is 12.1. The van der Waals surface area contributed by atoms with Gasteiger partial charge in [-0.15, -0.1) is 0 Å². The van der Waals surface area contributed by atoms with Crippen LogP contribution < -0.4 is 10.9 Å². The van der Waals surface area contributed by atoms with E-state index in [1.54, 1.807) is 31.3 Å². The van der Waals surface area contributed by atoms with Crippen LogP contribution in [-0.4, -0.2) is 26.4 Å². The van der Waals surface area contributed by atoms with Crippen LogP contribution in [0.25, 0.3) is 0 Å². The number of hydrogen-bond acceptors (Lipinski definition) is 5. The molecule has 0 saturated carbocycles. The van der Waals surface area contributed by atoms with Gasteiger partial charge in [0.05, 0.1) is 5.69 Å². The molecule has 0 spiro atoms. The van der Waals surface area contributed by atoms with E-state index in [2.05, 4.69) is 10.3 Å². The third kappa shape index (κ3) is 3.54. The Bertz CT molecular complexity index is 895. The first-order valence-electron chi connectivity index (χ1n) is 6.72. The Kier molecular flexibility index (Phi) is 4.75. The van der Waals surface area contributed by atoms with Crippen molar-refractivity contribution in [3.05, 3.63) is 45.0 Å². The molecule has 8 heteroatoms. The molecule has 2 N–H and O–H groups in total. The summed E-state index contributed by atoms with van der Waals surface area (Å²) in [5.41, 5.74) is 0.849. The van der Waals surface area contributed by atoms with Crippen molar-refractivity contribution in [1.29, 1.82) is 0 Å². The van der Waals surface area contributed by atoms with E-state index in [1.165, 1.54) is 29.3 Å². The molecule has 1 amide bonds. The third-order valence-electron chi connectivity index (χ3n) is 3.20. The van der Waals surface area contributed by atoms with E-state index >= 15 is 0 Å². The number of carbonyl (C=O) groups excluding carboxylic acids is 1. The molecule has 0 fully saturated rings. The summed E-state index contributed by atoms with van der Waals surface area (Å²) in [5.74, 6) is -0.400. The van der Waals surface area contributed by atoms with E-state index in [0.717, 1.165) is 0 Å². The minimum Gasteiger partial charge on any atom is -0.494 e. The molecule has 0 saturated heterocycles. The lowest BCUT2D eigenvalue weighted by atomic mass is 10.2. The normalized spacial score (nSPS) is 10.9. The predicted octanol–water partition coefficient (Wildman–Crippen LogP) is 1.87. The first-order chi connectivity index (χ1) is 10.8. The van der Waals surface area contributed by atoms with Crippen molar-refractivity contribution >= 4 is 35.7 Å². The Balaban J connectivity index is 2.36. The molecule has 0 aliphatic rings. The van der Waals surface area contributed by atoms with Gasteiger partial charge in [-0.2, -0.15) is 0 Å². The van der Waals surface area contributed by atoms with E-state index in [-0.39, 0.29) is 22.1 Å². The second-order valence-corrected chi connectivity index (χ2v) is 5.29. The van der Waals surface area contributed by atoms with E-state index in [4.69, 9.17) is 12.2 Å². The quantitative estimate of drug-likeness (QED) is 0.663. The van der Waals surface area contributed by atoms with Gasteiger partial charge in [-0.25, -0.2) is 0 Å². The van der Waals surface area contributed by atoms with Crippen LogP contribution in [0.15, 0.2) is 34.1 Å². The van der Waals surface area contributed by atoms with Crippen LogP contribution >= 0.6 is 12.2 Å². The monoisotopic (exact) mass is 332 g/mol. The van der Waals surface area contributed by atoms with Crippen LogP contribution in [0.2, 0.25) is 0 Å². The molecule has 120 valence electrons. The van der Waals surface area contributed by atoms with Gasteiger partial charge in [0.25, 0.3) is 5.56 Å². The summed E-state index contributed by atoms with van der Waals surface area (Å²) in [5, 5.41) is 12.7. The highest BCUT2D eigenvalue weighted by atomic mass is 32.1. The summed E-state index contributed by atoms with van der Waals surface area (Å²) in [4.78, 5) is 27.3. The summed E-state index contributed by atoms with van der Waals surface area (Å²) < 4.78 is 2.80. The number of aromatic hydroxyl groups is 1. The highest BCUT2D eigenvalue weighted by Gasteiger charge is 2.11. The van der Waals surface area contributed by atoms with Crippen molar-refractivity contribution in [2.75, 3.05) is 5.32 Å². The molecule has 2 rings (SSSR count). The smallest absolute Gasteiger partial charge is 0.266 e. The van der Waals surface area contributed by atoms with Gasteiger partial charge in [-0.05, 0) is 36.5 Å². The SMILES string of the molecule is CC(=O)Nc1ccc(N=Cc2c(O)n(C)c(=S)n(C)c2=O)cc1. The minimum atomic E-state index is -0.427. The van der Waals surface area contributed by atoms with Crippen LogP contribution in [-0.2, 0) is 18.9 Å². The molecule has 0 aliphatic heterocycles. The molecule has 0 radical (unpaired) electrons. The average molecular weight is 332 g/mol. The van der Waals surface area contributed by atoms with Gasteiger partial charge in [-0.3, -0.25) is 23.7 Å². The van der Waals surface area contributed by atoms with Gasteiger partial charge < -0.3 is 10.4 Å². The lowest BCUT2D eigenvalue weighted by molar-refractivity contribution is -0.114. The summed E-state index contributed by atoms with van der Waals surface area (Å²) in [7, 11) is 3.10. The Hall–Kier alpha value is -2.74. The highest BCUT2D eigenvalue weighted by Crippen LogP contribution is 2.17. The largest absolute Gasteiger partial charge is 0.494 e. The number of aliphatic imine (C=N–C) groups is 1. The number of benzene rings is 1. The number of hydrogen-bond donors (Lipinski definition) is 2. The van der Waals surface area contributed by atoms with Crippen LogP contribution in [0.1, 0.15) is 12.5 Å². The second kappa shape index (κ2) is 6.57. The molecule has 0 aliphatic carbocycles. The number of carbonyl (C=O) groups is 1. The number of nitrogens with zero attached hydrogens (tertiary/aromatic N) is 3. The minimum absolute atomic E-state index is 0.0505. The lowest BCUT2D eigenvalue weighted by Gasteiger charge is -2.09. The molecular formula is C15H16N4O3S. The van der Waals surface area contributed by atoms with Crippen LogP contribution in [0.4, 0.5) is 11.4 Å². The number of anilines is 1. The van der Waals surface area contributed by atoms with Crippen molar-refractivity contribution in [2.45, 2.75) is 6.92 Å². The van der Waals surface area contributed by atoms with Gasteiger partial charge >= 0.3 is 0 Å². The fourth-order valence-corrected chi connectivity index (χ4v) is 2.11. The zero-order valence-corrected chi connectivity index (χ0v) is 13.7. The van der Waals surface area contributed by atoms with Gasteiger partial charge in [-0.1, -0.05) is 0 Å².